The lowest BCUT2D eigenvalue weighted by atomic mass is 10.5. The van der Waals surface area contributed by atoms with E-state index in [9.17, 15) is 4.79 Å². The zero-order chi connectivity index (χ0) is 8.81. The molecule has 0 aromatic rings. The Kier molecular flexibility index (Phi) is 3.07. The number of nitrogens with zero attached hydrogens (tertiary/aromatic N) is 2. The molecular weight excluding hydrogens is 156 g/mol. The van der Waals surface area contributed by atoms with Crippen LogP contribution in [0.2, 0.25) is 0 Å². The predicted molar refractivity (Wildman–Crippen MR) is 45.5 cm³/mol. The second kappa shape index (κ2) is 4.33. The maximum atomic E-state index is 10.8. The molecule has 4 heteroatoms. The fourth-order valence-electron chi connectivity index (χ4n) is 0.741. The van der Waals surface area contributed by atoms with Gasteiger partial charge in [-0.15, -0.1) is 0 Å². The fourth-order valence-corrected chi connectivity index (χ4v) is 0.741. The number of carbonyl (C=O) groups is 1. The van der Waals surface area contributed by atoms with Crippen molar-refractivity contribution >= 4 is 12.2 Å². The van der Waals surface area contributed by atoms with E-state index in [-0.39, 0.29) is 12.5 Å². The van der Waals surface area contributed by atoms with Gasteiger partial charge in [0.1, 0.15) is 6.54 Å². The van der Waals surface area contributed by atoms with Gasteiger partial charge < -0.3 is 9.64 Å². The molecule has 0 fully saturated rings. The van der Waals surface area contributed by atoms with Gasteiger partial charge in [0.2, 0.25) is 0 Å². The third-order valence-electron chi connectivity index (χ3n) is 1.33. The zero-order valence-electron chi connectivity index (χ0n) is 6.80. The van der Waals surface area contributed by atoms with Gasteiger partial charge >= 0.3 is 5.97 Å². The van der Waals surface area contributed by atoms with Crippen LogP contribution in [0.4, 0.5) is 0 Å². The SMILES string of the molecule is COC(=O)CN1C=CC=NC=C1. The van der Waals surface area contributed by atoms with Gasteiger partial charge in [-0.3, -0.25) is 9.79 Å². The molecule has 0 amide bonds. The van der Waals surface area contributed by atoms with Crippen LogP contribution in [0.1, 0.15) is 0 Å². The van der Waals surface area contributed by atoms with Gasteiger partial charge in [-0.25, -0.2) is 0 Å². The molecule has 1 rings (SSSR count). The van der Waals surface area contributed by atoms with E-state index in [0.29, 0.717) is 0 Å². The van der Waals surface area contributed by atoms with Crippen LogP contribution in [0.3, 0.4) is 0 Å². The Morgan fingerprint density at radius 1 is 1.58 bits per heavy atom. The summed E-state index contributed by atoms with van der Waals surface area (Å²) in [5.74, 6) is -0.272. The summed E-state index contributed by atoms with van der Waals surface area (Å²) in [4.78, 5) is 16.4. The van der Waals surface area contributed by atoms with Crippen molar-refractivity contribution in [2.75, 3.05) is 13.7 Å². The van der Waals surface area contributed by atoms with Gasteiger partial charge in [0, 0.05) is 24.8 Å². The van der Waals surface area contributed by atoms with Crippen molar-refractivity contribution in [2.45, 2.75) is 0 Å². The molecular formula is C8H10N2O2. The summed E-state index contributed by atoms with van der Waals surface area (Å²) in [5.41, 5.74) is 0. The number of ether oxygens (including phenoxy) is 1. The molecule has 0 unspecified atom stereocenters. The van der Waals surface area contributed by atoms with Gasteiger partial charge in [0.05, 0.1) is 7.11 Å². The van der Waals surface area contributed by atoms with E-state index in [0.717, 1.165) is 0 Å². The molecule has 4 nitrogen and oxygen atoms in total. The molecule has 0 aromatic heterocycles. The highest BCUT2D eigenvalue weighted by Gasteiger charge is 2.03. The van der Waals surface area contributed by atoms with Gasteiger partial charge in [0.15, 0.2) is 0 Å². The highest BCUT2D eigenvalue weighted by molar-refractivity contribution is 5.74. The predicted octanol–water partition coefficient (Wildman–Crippen LogP) is 0.531. The number of methoxy groups -OCH3 is 1. The van der Waals surface area contributed by atoms with Crippen LogP contribution >= 0.6 is 0 Å². The van der Waals surface area contributed by atoms with E-state index in [2.05, 4.69) is 9.73 Å². The van der Waals surface area contributed by atoms with E-state index in [4.69, 9.17) is 0 Å². The summed E-state index contributed by atoms with van der Waals surface area (Å²) < 4.78 is 4.50. The van der Waals surface area contributed by atoms with E-state index in [1.807, 2.05) is 0 Å². The van der Waals surface area contributed by atoms with Crippen LogP contribution in [0, 0.1) is 0 Å². The first-order valence-electron chi connectivity index (χ1n) is 3.52. The third-order valence-corrected chi connectivity index (χ3v) is 1.33. The Morgan fingerprint density at radius 3 is 3.17 bits per heavy atom. The van der Waals surface area contributed by atoms with Crippen molar-refractivity contribution < 1.29 is 9.53 Å². The maximum Gasteiger partial charge on any atom is 0.325 e. The fraction of sp³-hybridized carbons (Fsp3) is 0.250. The average Bonchev–Trinajstić information content (AvgIpc) is 2.33. The molecule has 0 aromatic carbocycles. The number of allylic oxidation sites excluding steroid dienone is 1. The summed E-state index contributed by atoms with van der Waals surface area (Å²) in [5, 5.41) is 0. The minimum absolute atomic E-state index is 0.215. The second-order valence-electron chi connectivity index (χ2n) is 2.19. The first kappa shape index (κ1) is 8.52. The standard InChI is InChI=1S/C8H10N2O2/c1-12-8(11)7-10-5-2-3-9-4-6-10/h2-6H,7H2,1H3. The minimum atomic E-state index is -0.272. The highest BCUT2D eigenvalue weighted by atomic mass is 16.5. The van der Waals surface area contributed by atoms with Crippen LogP contribution < -0.4 is 0 Å². The van der Waals surface area contributed by atoms with Crippen LogP contribution in [0.25, 0.3) is 0 Å². The Labute approximate surface area is 70.8 Å². The van der Waals surface area contributed by atoms with Crippen molar-refractivity contribution in [1.82, 2.24) is 4.90 Å². The first-order chi connectivity index (χ1) is 5.83. The van der Waals surface area contributed by atoms with Crippen molar-refractivity contribution in [1.29, 1.82) is 0 Å². The Morgan fingerprint density at radius 2 is 2.42 bits per heavy atom. The van der Waals surface area contributed by atoms with Gasteiger partial charge in [-0.05, 0) is 6.08 Å². The monoisotopic (exact) mass is 166 g/mol. The number of rotatable bonds is 2. The molecule has 1 heterocycles. The largest absolute Gasteiger partial charge is 0.468 e. The molecule has 0 spiro atoms. The molecule has 0 atom stereocenters. The molecule has 64 valence electrons. The molecule has 1 aliphatic heterocycles. The molecule has 0 saturated carbocycles. The van der Waals surface area contributed by atoms with Crippen LogP contribution in [0.5, 0.6) is 0 Å². The second-order valence-corrected chi connectivity index (χ2v) is 2.19. The molecule has 0 saturated heterocycles. The summed E-state index contributed by atoms with van der Waals surface area (Å²) >= 11 is 0. The van der Waals surface area contributed by atoms with Crippen molar-refractivity contribution in [2.24, 2.45) is 4.99 Å². The summed E-state index contributed by atoms with van der Waals surface area (Å²) in [6.45, 7) is 0.215. The Bertz CT molecular complexity index is 227. The van der Waals surface area contributed by atoms with E-state index >= 15 is 0 Å². The van der Waals surface area contributed by atoms with Gasteiger partial charge in [0.25, 0.3) is 0 Å². The molecule has 1 aliphatic rings. The molecule has 0 radical (unpaired) electrons. The molecule has 0 bridgehead atoms. The number of esters is 1. The van der Waals surface area contributed by atoms with Crippen molar-refractivity contribution in [3.05, 3.63) is 24.7 Å². The quantitative estimate of drug-likeness (QED) is 0.562. The number of hydrogen-bond acceptors (Lipinski definition) is 4. The topological polar surface area (TPSA) is 41.9 Å². The Balaban J connectivity index is 2.48. The van der Waals surface area contributed by atoms with Gasteiger partial charge in [-0.2, -0.15) is 0 Å². The van der Waals surface area contributed by atoms with Crippen LogP contribution in [0.15, 0.2) is 29.7 Å². The average molecular weight is 166 g/mol. The van der Waals surface area contributed by atoms with Gasteiger partial charge in [-0.1, -0.05) is 0 Å². The molecule has 0 N–H and O–H groups in total. The first-order valence-corrected chi connectivity index (χ1v) is 3.52. The van der Waals surface area contributed by atoms with E-state index in [1.54, 1.807) is 35.8 Å². The van der Waals surface area contributed by atoms with Crippen molar-refractivity contribution in [3.63, 3.8) is 0 Å². The number of aliphatic imine (C=N–C) groups is 1. The smallest absolute Gasteiger partial charge is 0.325 e. The number of carbonyl (C=O) groups excluding carboxylic acids is 1. The lowest BCUT2D eigenvalue weighted by Gasteiger charge is -2.11. The summed E-state index contributed by atoms with van der Waals surface area (Å²) in [6.07, 6.45) is 8.47. The molecule has 12 heavy (non-hydrogen) atoms. The van der Waals surface area contributed by atoms with Crippen molar-refractivity contribution in [3.8, 4) is 0 Å². The lowest BCUT2D eigenvalue weighted by Crippen LogP contribution is -2.20. The normalized spacial score (nSPS) is 14.6. The highest BCUT2D eigenvalue weighted by Crippen LogP contribution is 1.95. The summed E-state index contributed by atoms with van der Waals surface area (Å²) in [7, 11) is 1.37. The van der Waals surface area contributed by atoms with Crippen LogP contribution in [-0.2, 0) is 9.53 Å². The van der Waals surface area contributed by atoms with E-state index < -0.39 is 0 Å². The number of hydrogen-bond donors (Lipinski definition) is 0. The van der Waals surface area contributed by atoms with E-state index in [1.165, 1.54) is 7.11 Å². The Hall–Kier alpha value is -1.58. The minimum Gasteiger partial charge on any atom is -0.468 e. The molecule has 0 aliphatic carbocycles. The third kappa shape index (κ3) is 2.57. The summed E-state index contributed by atoms with van der Waals surface area (Å²) in [6, 6.07) is 0. The lowest BCUT2D eigenvalue weighted by molar-refractivity contribution is -0.140. The maximum absolute atomic E-state index is 10.8. The zero-order valence-corrected chi connectivity index (χ0v) is 6.80. The van der Waals surface area contributed by atoms with Crippen LogP contribution in [-0.4, -0.2) is 30.7 Å².